The zero-order valence-corrected chi connectivity index (χ0v) is 11.1. The van der Waals surface area contributed by atoms with E-state index in [4.69, 9.17) is 18.9 Å². The predicted molar refractivity (Wildman–Crippen MR) is 69.9 cm³/mol. The van der Waals surface area contributed by atoms with Gasteiger partial charge in [-0.05, 0) is 25.0 Å². The highest BCUT2D eigenvalue weighted by Gasteiger charge is 2.23. The summed E-state index contributed by atoms with van der Waals surface area (Å²) in [5, 5.41) is 3.45. The molecule has 1 heterocycles. The topological polar surface area (TPSA) is 49.0 Å². The number of hydrogen-bond donors (Lipinski definition) is 1. The van der Waals surface area contributed by atoms with Gasteiger partial charge >= 0.3 is 0 Å². The first-order valence-corrected chi connectivity index (χ1v) is 6.64. The van der Waals surface area contributed by atoms with Crippen molar-refractivity contribution in [2.75, 3.05) is 27.1 Å². The number of fused-ring (bicyclic) bond motifs is 1. The Hall–Kier alpha value is -1.46. The van der Waals surface area contributed by atoms with Gasteiger partial charge in [-0.15, -0.1) is 0 Å². The highest BCUT2D eigenvalue weighted by molar-refractivity contribution is 5.46. The Labute approximate surface area is 112 Å². The molecule has 0 aromatic heterocycles. The minimum Gasteiger partial charge on any atom is -0.487 e. The molecule has 0 spiro atoms. The largest absolute Gasteiger partial charge is 0.487 e. The maximum absolute atomic E-state index is 5.94. The van der Waals surface area contributed by atoms with Crippen molar-refractivity contribution < 1.29 is 18.9 Å². The third-order valence-electron chi connectivity index (χ3n) is 3.21. The Morgan fingerprint density at radius 2 is 2.16 bits per heavy atom. The van der Waals surface area contributed by atoms with E-state index in [-0.39, 0.29) is 12.9 Å². The lowest BCUT2D eigenvalue weighted by Gasteiger charge is -2.19. The first-order chi connectivity index (χ1) is 9.35. The molecule has 5 nitrogen and oxygen atoms in total. The fraction of sp³-hybridized carbons (Fsp3) is 0.571. The van der Waals surface area contributed by atoms with Crippen LogP contribution in [0.5, 0.6) is 17.2 Å². The number of methoxy groups -OCH3 is 1. The molecule has 0 amide bonds. The molecule has 19 heavy (non-hydrogen) atoms. The first-order valence-electron chi connectivity index (χ1n) is 6.64. The van der Waals surface area contributed by atoms with Crippen molar-refractivity contribution in [3.05, 3.63) is 18.2 Å². The number of hydrogen-bond acceptors (Lipinski definition) is 5. The van der Waals surface area contributed by atoms with Crippen molar-refractivity contribution in [1.82, 2.24) is 5.32 Å². The van der Waals surface area contributed by atoms with Gasteiger partial charge in [0, 0.05) is 25.8 Å². The maximum atomic E-state index is 5.94. The Morgan fingerprint density at radius 3 is 2.95 bits per heavy atom. The van der Waals surface area contributed by atoms with Gasteiger partial charge in [0.25, 0.3) is 0 Å². The highest BCUT2D eigenvalue weighted by atomic mass is 16.7. The summed E-state index contributed by atoms with van der Waals surface area (Å²) in [5.41, 5.74) is 0. The van der Waals surface area contributed by atoms with Crippen molar-refractivity contribution in [2.24, 2.45) is 0 Å². The highest BCUT2D eigenvalue weighted by Crippen LogP contribution is 2.35. The van der Waals surface area contributed by atoms with Crippen LogP contribution in [0.2, 0.25) is 0 Å². The number of benzene rings is 1. The quantitative estimate of drug-likeness (QED) is 0.811. The smallest absolute Gasteiger partial charge is 0.231 e. The molecule has 2 aliphatic rings. The number of rotatable bonds is 7. The van der Waals surface area contributed by atoms with Crippen LogP contribution in [0.25, 0.3) is 0 Å². The molecule has 1 fully saturated rings. The van der Waals surface area contributed by atoms with Crippen molar-refractivity contribution in [3.8, 4) is 17.2 Å². The van der Waals surface area contributed by atoms with Gasteiger partial charge in [0.1, 0.15) is 11.9 Å². The summed E-state index contributed by atoms with van der Waals surface area (Å²) in [6.45, 7) is 1.64. The van der Waals surface area contributed by atoms with Crippen LogP contribution in [-0.2, 0) is 4.74 Å². The number of nitrogens with one attached hydrogen (secondary N) is 1. The van der Waals surface area contributed by atoms with E-state index in [9.17, 15) is 0 Å². The van der Waals surface area contributed by atoms with E-state index in [1.807, 2.05) is 18.2 Å². The molecule has 1 unspecified atom stereocenters. The van der Waals surface area contributed by atoms with E-state index < -0.39 is 0 Å². The van der Waals surface area contributed by atoms with Gasteiger partial charge < -0.3 is 24.3 Å². The second kappa shape index (κ2) is 5.67. The van der Waals surface area contributed by atoms with Crippen LogP contribution in [0.15, 0.2) is 18.2 Å². The van der Waals surface area contributed by atoms with Gasteiger partial charge in [-0.2, -0.15) is 0 Å². The van der Waals surface area contributed by atoms with Crippen molar-refractivity contribution in [2.45, 2.75) is 25.0 Å². The van der Waals surface area contributed by atoms with E-state index >= 15 is 0 Å². The molecule has 1 N–H and O–H groups in total. The first kappa shape index (κ1) is 12.6. The minimum atomic E-state index is 0.00553. The van der Waals surface area contributed by atoms with Crippen molar-refractivity contribution in [1.29, 1.82) is 0 Å². The molecule has 5 heteroatoms. The standard InChI is InChI=1S/C14H19NO4/c1-16-8-12(7-15-10-2-3-10)19-11-4-5-13-14(6-11)18-9-17-13/h4-6,10,12,15H,2-3,7-9H2,1H3. The Balaban J connectivity index is 1.59. The zero-order valence-electron chi connectivity index (χ0n) is 11.1. The molecule has 0 radical (unpaired) electrons. The summed E-state index contributed by atoms with van der Waals surface area (Å²) in [6.07, 6.45) is 2.54. The normalized spacial score (nSPS) is 18.4. The van der Waals surface area contributed by atoms with Gasteiger partial charge in [-0.1, -0.05) is 0 Å². The Kier molecular flexibility index (Phi) is 3.75. The van der Waals surface area contributed by atoms with Crippen LogP contribution in [0.1, 0.15) is 12.8 Å². The van der Waals surface area contributed by atoms with Gasteiger partial charge in [-0.3, -0.25) is 0 Å². The molecule has 1 saturated carbocycles. The minimum absolute atomic E-state index is 0.00553. The van der Waals surface area contributed by atoms with E-state index in [0.29, 0.717) is 12.6 Å². The summed E-state index contributed by atoms with van der Waals surface area (Å²) in [5.74, 6) is 2.29. The summed E-state index contributed by atoms with van der Waals surface area (Å²) in [4.78, 5) is 0. The van der Waals surface area contributed by atoms with Gasteiger partial charge in [0.05, 0.1) is 6.61 Å². The van der Waals surface area contributed by atoms with Crippen LogP contribution < -0.4 is 19.5 Å². The van der Waals surface area contributed by atoms with Crippen LogP contribution in [0, 0.1) is 0 Å². The number of ether oxygens (including phenoxy) is 4. The van der Waals surface area contributed by atoms with Crippen LogP contribution >= 0.6 is 0 Å². The summed E-state index contributed by atoms with van der Waals surface area (Å²) in [6, 6.07) is 6.30. The molecule has 1 aromatic rings. The molecule has 1 aliphatic heterocycles. The zero-order chi connectivity index (χ0) is 13.1. The van der Waals surface area contributed by atoms with Crippen molar-refractivity contribution in [3.63, 3.8) is 0 Å². The monoisotopic (exact) mass is 265 g/mol. The fourth-order valence-electron chi connectivity index (χ4n) is 2.05. The lowest BCUT2D eigenvalue weighted by atomic mass is 10.3. The van der Waals surface area contributed by atoms with E-state index in [2.05, 4.69) is 5.32 Å². The molecular weight excluding hydrogens is 246 g/mol. The second-order valence-electron chi connectivity index (χ2n) is 4.89. The predicted octanol–water partition coefficient (Wildman–Crippen LogP) is 1.56. The van der Waals surface area contributed by atoms with Gasteiger partial charge in [-0.25, -0.2) is 0 Å². The Morgan fingerprint density at radius 1 is 1.32 bits per heavy atom. The molecule has 104 valence electrons. The van der Waals surface area contributed by atoms with Crippen LogP contribution in [0.4, 0.5) is 0 Å². The molecular formula is C14H19NO4. The third kappa shape index (κ3) is 3.30. The van der Waals surface area contributed by atoms with Crippen LogP contribution in [-0.4, -0.2) is 39.2 Å². The van der Waals surface area contributed by atoms with Gasteiger partial charge in [0.15, 0.2) is 11.5 Å². The van der Waals surface area contributed by atoms with E-state index in [1.165, 1.54) is 12.8 Å². The average molecular weight is 265 g/mol. The molecule has 3 rings (SSSR count). The van der Waals surface area contributed by atoms with E-state index in [1.54, 1.807) is 7.11 Å². The second-order valence-corrected chi connectivity index (χ2v) is 4.89. The average Bonchev–Trinajstić information content (AvgIpc) is 3.13. The maximum Gasteiger partial charge on any atom is 0.231 e. The summed E-state index contributed by atoms with van der Waals surface area (Å²) >= 11 is 0. The molecule has 0 bridgehead atoms. The lowest BCUT2D eigenvalue weighted by Crippen LogP contribution is -2.35. The lowest BCUT2D eigenvalue weighted by molar-refractivity contribution is 0.0802. The Bertz CT molecular complexity index is 433. The summed E-state index contributed by atoms with van der Waals surface area (Å²) in [7, 11) is 1.69. The van der Waals surface area contributed by atoms with Crippen molar-refractivity contribution >= 4 is 0 Å². The summed E-state index contributed by atoms with van der Waals surface area (Å²) < 4.78 is 21.8. The third-order valence-corrected chi connectivity index (χ3v) is 3.21. The molecule has 1 aliphatic carbocycles. The fourth-order valence-corrected chi connectivity index (χ4v) is 2.05. The molecule has 1 atom stereocenters. The van der Waals surface area contributed by atoms with Gasteiger partial charge in [0.2, 0.25) is 6.79 Å². The van der Waals surface area contributed by atoms with Crippen LogP contribution in [0.3, 0.4) is 0 Å². The molecule has 1 aromatic carbocycles. The molecule has 0 saturated heterocycles. The van der Waals surface area contributed by atoms with E-state index in [0.717, 1.165) is 23.8 Å². The SMILES string of the molecule is COCC(CNC1CC1)Oc1ccc2c(c1)OCO2.